The van der Waals surface area contributed by atoms with Crippen molar-refractivity contribution >= 4 is 0 Å². The Morgan fingerprint density at radius 3 is 2.78 bits per heavy atom. The smallest absolute Gasteiger partial charge is 0.0126 e. The minimum absolute atomic E-state index is 0.705. The zero-order valence-electron chi connectivity index (χ0n) is 12.2. The highest BCUT2D eigenvalue weighted by Crippen LogP contribution is 2.47. The van der Waals surface area contributed by atoms with E-state index in [0.717, 1.165) is 30.3 Å². The monoisotopic (exact) mass is 250 g/mol. The molecule has 0 aromatic heterocycles. The lowest BCUT2D eigenvalue weighted by Gasteiger charge is -2.42. The molecular formula is C16H30N2. The van der Waals surface area contributed by atoms with Gasteiger partial charge in [-0.15, -0.1) is 0 Å². The lowest BCUT2D eigenvalue weighted by atomic mass is 9.87. The summed E-state index contributed by atoms with van der Waals surface area (Å²) in [6.07, 6.45) is 8.99. The number of fused-ring (bicyclic) bond motifs is 2. The maximum atomic E-state index is 3.63. The Bertz CT molecular complexity index is 278. The third-order valence-corrected chi connectivity index (χ3v) is 5.89. The van der Waals surface area contributed by atoms with Crippen LogP contribution in [0.15, 0.2) is 0 Å². The predicted octanol–water partition coefficient (Wildman–Crippen LogP) is 2.89. The lowest BCUT2D eigenvalue weighted by Crippen LogP contribution is -2.49. The second kappa shape index (κ2) is 5.50. The van der Waals surface area contributed by atoms with Gasteiger partial charge in [0, 0.05) is 18.6 Å². The van der Waals surface area contributed by atoms with Crippen molar-refractivity contribution in [3.63, 3.8) is 0 Å². The molecular weight excluding hydrogens is 220 g/mol. The summed E-state index contributed by atoms with van der Waals surface area (Å²) in [5, 5.41) is 3.63. The molecule has 2 bridgehead atoms. The molecule has 5 atom stereocenters. The summed E-state index contributed by atoms with van der Waals surface area (Å²) in [5.74, 6) is 3.03. The molecule has 5 unspecified atom stereocenters. The molecule has 3 rings (SSSR count). The van der Waals surface area contributed by atoms with E-state index in [0.29, 0.717) is 6.04 Å². The average Bonchev–Trinajstić information content (AvgIpc) is 3.01. The number of hydrogen-bond donors (Lipinski definition) is 1. The molecule has 1 heterocycles. The zero-order valence-corrected chi connectivity index (χ0v) is 12.2. The average molecular weight is 250 g/mol. The van der Waals surface area contributed by atoms with Crippen molar-refractivity contribution in [3.05, 3.63) is 0 Å². The number of nitrogens with zero attached hydrogens (tertiary/aromatic N) is 1. The molecule has 0 spiro atoms. The van der Waals surface area contributed by atoms with Crippen LogP contribution >= 0.6 is 0 Å². The highest BCUT2D eigenvalue weighted by molar-refractivity contribution is 4.97. The first-order chi connectivity index (χ1) is 8.78. The normalized spacial score (nSPS) is 42.3. The molecule has 2 aliphatic carbocycles. The molecule has 1 N–H and O–H groups in total. The van der Waals surface area contributed by atoms with Gasteiger partial charge in [-0.25, -0.2) is 0 Å². The lowest BCUT2D eigenvalue weighted by molar-refractivity contribution is 0.0776. The second-order valence-electron chi connectivity index (χ2n) is 6.99. The molecule has 1 aliphatic heterocycles. The van der Waals surface area contributed by atoms with E-state index in [-0.39, 0.29) is 0 Å². The topological polar surface area (TPSA) is 15.3 Å². The second-order valence-corrected chi connectivity index (χ2v) is 6.99. The summed E-state index contributed by atoms with van der Waals surface area (Å²) < 4.78 is 0. The Morgan fingerprint density at radius 1 is 1.22 bits per heavy atom. The number of likely N-dealkylation sites (tertiary alicyclic amines) is 1. The van der Waals surface area contributed by atoms with Crippen molar-refractivity contribution in [1.29, 1.82) is 0 Å². The molecule has 104 valence electrons. The number of rotatable bonds is 4. The third kappa shape index (κ3) is 2.46. The zero-order chi connectivity index (χ0) is 12.5. The van der Waals surface area contributed by atoms with Crippen LogP contribution in [0.2, 0.25) is 0 Å². The molecule has 1 saturated heterocycles. The van der Waals surface area contributed by atoms with Crippen molar-refractivity contribution in [2.75, 3.05) is 19.6 Å². The van der Waals surface area contributed by atoms with E-state index in [1.54, 1.807) is 6.42 Å². The summed E-state index contributed by atoms with van der Waals surface area (Å²) in [6.45, 7) is 8.47. The van der Waals surface area contributed by atoms with Crippen molar-refractivity contribution in [2.24, 2.45) is 17.8 Å². The van der Waals surface area contributed by atoms with Crippen molar-refractivity contribution in [1.82, 2.24) is 10.2 Å². The Balaban J connectivity index is 1.57. The fraction of sp³-hybridized carbons (Fsp3) is 1.00. The molecule has 0 amide bonds. The van der Waals surface area contributed by atoms with Crippen LogP contribution in [0, 0.1) is 17.8 Å². The molecule has 2 nitrogen and oxygen atoms in total. The standard InChI is InChI=1S/C16H30N2/c1-3-17-12(2)15-5-4-8-18(11-15)16-10-13-6-7-14(16)9-13/h12-17H,3-11H2,1-2H3. The van der Waals surface area contributed by atoms with E-state index >= 15 is 0 Å². The fourth-order valence-corrected chi connectivity index (χ4v) is 4.90. The van der Waals surface area contributed by atoms with Gasteiger partial charge < -0.3 is 5.32 Å². The first-order valence-electron chi connectivity index (χ1n) is 8.25. The van der Waals surface area contributed by atoms with Gasteiger partial charge in [0.15, 0.2) is 0 Å². The highest BCUT2D eigenvalue weighted by Gasteiger charge is 2.43. The van der Waals surface area contributed by atoms with Gasteiger partial charge in [-0.3, -0.25) is 4.90 Å². The van der Waals surface area contributed by atoms with Crippen LogP contribution in [0.1, 0.15) is 52.4 Å². The van der Waals surface area contributed by atoms with Crippen LogP contribution in [0.25, 0.3) is 0 Å². The van der Waals surface area contributed by atoms with Gasteiger partial charge in [0.1, 0.15) is 0 Å². The van der Waals surface area contributed by atoms with Crippen LogP contribution in [0.3, 0.4) is 0 Å². The number of hydrogen-bond acceptors (Lipinski definition) is 2. The molecule has 18 heavy (non-hydrogen) atoms. The summed E-state index contributed by atoms with van der Waals surface area (Å²) >= 11 is 0. The predicted molar refractivity (Wildman–Crippen MR) is 76.7 cm³/mol. The maximum absolute atomic E-state index is 3.63. The summed E-state index contributed by atoms with van der Waals surface area (Å²) in [4.78, 5) is 2.87. The molecule has 0 aromatic rings. The SMILES string of the molecule is CCNC(C)C1CCCN(C2CC3CCC2C3)C1. The largest absolute Gasteiger partial charge is 0.314 e. The van der Waals surface area contributed by atoms with E-state index in [1.165, 1.54) is 45.2 Å². The van der Waals surface area contributed by atoms with Crippen LogP contribution in [-0.4, -0.2) is 36.6 Å². The maximum Gasteiger partial charge on any atom is 0.0126 e. The highest BCUT2D eigenvalue weighted by atomic mass is 15.2. The van der Waals surface area contributed by atoms with Crippen LogP contribution in [-0.2, 0) is 0 Å². The van der Waals surface area contributed by atoms with E-state index in [9.17, 15) is 0 Å². The van der Waals surface area contributed by atoms with Gasteiger partial charge in [-0.2, -0.15) is 0 Å². The molecule has 3 aliphatic rings. The van der Waals surface area contributed by atoms with Crippen molar-refractivity contribution < 1.29 is 0 Å². The fourth-order valence-electron chi connectivity index (χ4n) is 4.90. The molecule has 0 radical (unpaired) electrons. The van der Waals surface area contributed by atoms with Gasteiger partial charge in [0.2, 0.25) is 0 Å². The van der Waals surface area contributed by atoms with Crippen LogP contribution < -0.4 is 5.32 Å². The molecule has 2 heteroatoms. The van der Waals surface area contributed by atoms with E-state index in [2.05, 4.69) is 24.1 Å². The van der Waals surface area contributed by atoms with E-state index in [4.69, 9.17) is 0 Å². The minimum atomic E-state index is 0.705. The first kappa shape index (κ1) is 12.9. The van der Waals surface area contributed by atoms with Crippen molar-refractivity contribution in [2.45, 2.75) is 64.5 Å². The third-order valence-electron chi connectivity index (χ3n) is 5.89. The Labute approximate surface area is 113 Å². The summed E-state index contributed by atoms with van der Waals surface area (Å²) in [6, 6.07) is 1.66. The first-order valence-corrected chi connectivity index (χ1v) is 8.25. The van der Waals surface area contributed by atoms with Gasteiger partial charge >= 0.3 is 0 Å². The Kier molecular flexibility index (Phi) is 3.95. The Morgan fingerprint density at radius 2 is 2.11 bits per heavy atom. The summed E-state index contributed by atoms with van der Waals surface area (Å²) in [5.41, 5.74) is 0. The number of nitrogens with one attached hydrogen (secondary N) is 1. The van der Waals surface area contributed by atoms with E-state index < -0.39 is 0 Å². The molecule has 3 fully saturated rings. The van der Waals surface area contributed by atoms with Crippen LogP contribution in [0.5, 0.6) is 0 Å². The van der Waals surface area contributed by atoms with Crippen molar-refractivity contribution in [3.8, 4) is 0 Å². The van der Waals surface area contributed by atoms with Crippen LogP contribution in [0.4, 0.5) is 0 Å². The van der Waals surface area contributed by atoms with Gasteiger partial charge in [0.25, 0.3) is 0 Å². The number of piperidine rings is 1. The Hall–Kier alpha value is -0.0800. The van der Waals surface area contributed by atoms with Gasteiger partial charge in [0.05, 0.1) is 0 Å². The van der Waals surface area contributed by atoms with Gasteiger partial charge in [-0.1, -0.05) is 13.3 Å². The van der Waals surface area contributed by atoms with Gasteiger partial charge in [-0.05, 0) is 69.9 Å². The van der Waals surface area contributed by atoms with E-state index in [1.807, 2.05) is 0 Å². The quantitative estimate of drug-likeness (QED) is 0.825. The minimum Gasteiger partial charge on any atom is -0.314 e. The summed E-state index contributed by atoms with van der Waals surface area (Å²) in [7, 11) is 0. The molecule has 0 aromatic carbocycles. The molecule has 2 saturated carbocycles.